The van der Waals surface area contributed by atoms with Crippen LogP contribution in [0.1, 0.15) is 64.9 Å². The Hall–Kier alpha value is -2.43. The molecule has 5 rings (SSSR count). The second-order valence-corrected chi connectivity index (χ2v) is 12.4. The lowest BCUT2D eigenvalue weighted by atomic mass is 9.63. The number of allylic oxidation sites excluding steroid dienone is 4. The summed E-state index contributed by atoms with van der Waals surface area (Å²) in [6.07, 6.45) is 2.06. The van der Waals surface area contributed by atoms with E-state index in [9.17, 15) is 14.0 Å². The Labute approximate surface area is 215 Å². The number of anilines is 1. The maximum atomic E-state index is 14.0. The van der Waals surface area contributed by atoms with E-state index >= 15 is 0 Å². The summed E-state index contributed by atoms with van der Waals surface area (Å²) in [5.41, 5.74) is 3.92. The van der Waals surface area contributed by atoms with Crippen molar-refractivity contribution in [2.24, 2.45) is 10.8 Å². The van der Waals surface area contributed by atoms with Crippen LogP contribution in [0.3, 0.4) is 0 Å². The minimum absolute atomic E-state index is 0.0311. The van der Waals surface area contributed by atoms with Crippen molar-refractivity contribution < 1.29 is 14.0 Å². The molecule has 0 N–H and O–H groups in total. The average molecular weight is 512 g/mol. The molecule has 6 heteroatoms. The van der Waals surface area contributed by atoms with Gasteiger partial charge in [0.05, 0.1) is 10.7 Å². The number of Topliss-reactive ketones (excluding diaryl/α,β-unsaturated/α-hetero) is 2. The number of nitrogens with zero attached hydrogens (tertiary/aromatic N) is 1. The van der Waals surface area contributed by atoms with Gasteiger partial charge in [-0.15, -0.1) is 0 Å². The number of hydrogen-bond donors (Lipinski definition) is 0. The van der Waals surface area contributed by atoms with Crippen molar-refractivity contribution >= 4 is 40.5 Å². The van der Waals surface area contributed by atoms with E-state index in [1.807, 2.05) is 17.0 Å². The Kier molecular flexibility index (Phi) is 5.77. The minimum atomic E-state index is -0.458. The summed E-state index contributed by atoms with van der Waals surface area (Å²) in [5.74, 6) is -0.828. The van der Waals surface area contributed by atoms with Gasteiger partial charge in [-0.05, 0) is 59.6 Å². The monoisotopic (exact) mass is 511 g/mol. The summed E-state index contributed by atoms with van der Waals surface area (Å²) in [7, 11) is 0. The predicted molar refractivity (Wildman–Crippen MR) is 138 cm³/mol. The third kappa shape index (κ3) is 4.25. The summed E-state index contributed by atoms with van der Waals surface area (Å²) >= 11 is 12.8. The van der Waals surface area contributed by atoms with Gasteiger partial charge in [-0.2, -0.15) is 0 Å². The summed E-state index contributed by atoms with van der Waals surface area (Å²) in [4.78, 5) is 29.6. The molecule has 3 nitrogen and oxygen atoms in total. The Morgan fingerprint density at radius 2 is 1.31 bits per heavy atom. The summed E-state index contributed by atoms with van der Waals surface area (Å²) in [5, 5.41) is 0.847. The highest BCUT2D eigenvalue weighted by Crippen LogP contribution is 2.56. The average Bonchev–Trinajstić information content (AvgIpc) is 2.72. The fraction of sp³-hybridized carbons (Fsp3) is 0.379. The lowest BCUT2D eigenvalue weighted by molar-refractivity contribution is -0.119. The molecular weight excluding hydrogens is 484 g/mol. The topological polar surface area (TPSA) is 37.4 Å². The van der Waals surface area contributed by atoms with Crippen LogP contribution in [0.25, 0.3) is 0 Å². The first-order valence-electron chi connectivity index (χ1n) is 11.9. The first kappa shape index (κ1) is 24.3. The Bertz CT molecular complexity index is 1270. The van der Waals surface area contributed by atoms with Gasteiger partial charge in [0.25, 0.3) is 0 Å². The first-order chi connectivity index (χ1) is 16.4. The van der Waals surface area contributed by atoms with Crippen molar-refractivity contribution in [3.63, 3.8) is 0 Å². The first-order valence-corrected chi connectivity index (χ1v) is 12.7. The summed E-state index contributed by atoms with van der Waals surface area (Å²) in [6.45, 7) is 8.32. The van der Waals surface area contributed by atoms with Crippen LogP contribution in [0.4, 0.5) is 10.1 Å². The zero-order chi connectivity index (χ0) is 25.3. The molecular formula is C29H28Cl2FNO2. The van der Waals surface area contributed by atoms with E-state index in [1.165, 1.54) is 12.1 Å². The van der Waals surface area contributed by atoms with Crippen LogP contribution in [-0.4, -0.2) is 11.6 Å². The third-order valence-corrected chi connectivity index (χ3v) is 7.82. The maximum Gasteiger partial charge on any atom is 0.162 e. The molecule has 0 saturated carbocycles. The molecule has 0 amide bonds. The highest BCUT2D eigenvalue weighted by Gasteiger charge is 2.49. The van der Waals surface area contributed by atoms with E-state index in [0.717, 1.165) is 17.0 Å². The molecule has 1 heterocycles. The zero-order valence-electron chi connectivity index (χ0n) is 20.3. The Morgan fingerprint density at radius 1 is 0.800 bits per heavy atom. The van der Waals surface area contributed by atoms with E-state index < -0.39 is 11.7 Å². The standard InChI is InChI=1S/C29H28Cl2FNO2/c1-28(2)12-21-26(23(34)14-28)25(16-5-7-17(30)8-6-16)27-22(13-29(3,4)15-24(27)35)33(21)20-10-9-18(32)11-19(20)31/h5-11,25H,12-15H2,1-4H3. The molecule has 0 aromatic heterocycles. The quantitative estimate of drug-likeness (QED) is 0.409. The van der Waals surface area contributed by atoms with Gasteiger partial charge in [-0.25, -0.2) is 4.39 Å². The SMILES string of the molecule is CC1(C)CC(=O)C2=C(C1)N(c1ccc(F)cc1Cl)C1=C(C(=O)CC(C)(C)C1)C2c1ccc(Cl)cc1. The molecule has 0 fully saturated rings. The van der Waals surface area contributed by atoms with Crippen molar-refractivity contribution in [1.29, 1.82) is 0 Å². The van der Waals surface area contributed by atoms with Crippen LogP contribution >= 0.6 is 23.2 Å². The number of ketones is 2. The van der Waals surface area contributed by atoms with Gasteiger partial charge in [0.1, 0.15) is 5.82 Å². The Balaban J connectivity index is 1.85. The van der Waals surface area contributed by atoms with Crippen molar-refractivity contribution in [3.05, 3.63) is 86.4 Å². The smallest absolute Gasteiger partial charge is 0.162 e. The fourth-order valence-corrected chi connectivity index (χ4v) is 6.28. The van der Waals surface area contributed by atoms with Crippen molar-refractivity contribution in [1.82, 2.24) is 0 Å². The van der Waals surface area contributed by atoms with Crippen LogP contribution in [0, 0.1) is 16.6 Å². The Morgan fingerprint density at radius 3 is 1.80 bits per heavy atom. The number of rotatable bonds is 2. The lowest BCUT2D eigenvalue weighted by Gasteiger charge is -2.49. The molecule has 0 unspecified atom stereocenters. The molecule has 0 saturated heterocycles. The number of carbonyl (C=O) groups excluding carboxylic acids is 2. The molecule has 0 spiro atoms. The molecule has 0 atom stereocenters. The van der Waals surface area contributed by atoms with Crippen molar-refractivity contribution in [2.45, 2.75) is 59.3 Å². The molecule has 3 aliphatic rings. The van der Waals surface area contributed by atoms with Gasteiger partial charge >= 0.3 is 0 Å². The van der Waals surface area contributed by atoms with Crippen LogP contribution in [0.2, 0.25) is 10.0 Å². The largest absolute Gasteiger partial charge is 0.316 e. The molecule has 2 aromatic rings. The highest BCUT2D eigenvalue weighted by atomic mass is 35.5. The molecule has 2 aliphatic carbocycles. The number of benzene rings is 2. The van der Waals surface area contributed by atoms with E-state index in [1.54, 1.807) is 18.2 Å². The van der Waals surface area contributed by atoms with Crippen molar-refractivity contribution in [2.75, 3.05) is 4.90 Å². The van der Waals surface area contributed by atoms with E-state index in [2.05, 4.69) is 27.7 Å². The van der Waals surface area contributed by atoms with Gasteiger partial charge in [-0.3, -0.25) is 9.59 Å². The normalized spacial score (nSPS) is 21.9. The number of halogens is 3. The van der Waals surface area contributed by atoms with Crippen LogP contribution < -0.4 is 4.90 Å². The van der Waals surface area contributed by atoms with E-state index in [0.29, 0.717) is 47.5 Å². The third-order valence-electron chi connectivity index (χ3n) is 7.26. The number of hydrogen-bond acceptors (Lipinski definition) is 3. The summed E-state index contributed by atoms with van der Waals surface area (Å²) < 4.78 is 14.0. The molecule has 0 bridgehead atoms. The van der Waals surface area contributed by atoms with Gasteiger partial charge < -0.3 is 4.90 Å². The maximum absolute atomic E-state index is 14.0. The fourth-order valence-electron chi connectivity index (χ4n) is 5.91. The van der Waals surface area contributed by atoms with Gasteiger partial charge in [0, 0.05) is 46.3 Å². The summed E-state index contributed by atoms with van der Waals surface area (Å²) in [6, 6.07) is 11.7. The van der Waals surface area contributed by atoms with Gasteiger partial charge in [-0.1, -0.05) is 63.0 Å². The van der Waals surface area contributed by atoms with Crippen LogP contribution in [-0.2, 0) is 9.59 Å². The van der Waals surface area contributed by atoms with E-state index in [4.69, 9.17) is 23.2 Å². The molecule has 0 radical (unpaired) electrons. The molecule has 2 aromatic carbocycles. The van der Waals surface area contributed by atoms with Gasteiger partial charge in [0.2, 0.25) is 0 Å². The molecule has 35 heavy (non-hydrogen) atoms. The minimum Gasteiger partial charge on any atom is -0.316 e. The van der Waals surface area contributed by atoms with E-state index in [-0.39, 0.29) is 27.4 Å². The van der Waals surface area contributed by atoms with Crippen LogP contribution in [0.15, 0.2) is 65.0 Å². The zero-order valence-corrected chi connectivity index (χ0v) is 21.9. The van der Waals surface area contributed by atoms with Crippen molar-refractivity contribution in [3.8, 4) is 0 Å². The highest BCUT2D eigenvalue weighted by molar-refractivity contribution is 6.33. The molecule has 1 aliphatic heterocycles. The number of carbonyl (C=O) groups is 2. The second kappa shape index (κ2) is 8.31. The van der Waals surface area contributed by atoms with Gasteiger partial charge in [0.15, 0.2) is 11.6 Å². The van der Waals surface area contributed by atoms with Crippen LogP contribution in [0.5, 0.6) is 0 Å². The second-order valence-electron chi connectivity index (χ2n) is 11.5. The molecule has 182 valence electrons. The lowest BCUT2D eigenvalue weighted by Crippen LogP contribution is -2.44. The predicted octanol–water partition coefficient (Wildman–Crippen LogP) is 8.02.